The molecule has 0 spiro atoms. The van der Waals surface area contributed by atoms with Crippen LogP contribution in [0.1, 0.15) is 17.3 Å². The fraction of sp³-hybridized carbons (Fsp3) is 0.261. The summed E-state index contributed by atoms with van der Waals surface area (Å²) in [7, 11) is 4.86. The summed E-state index contributed by atoms with van der Waals surface area (Å²) in [5.74, 6) is 2.12. The lowest BCUT2D eigenvalue weighted by Gasteiger charge is -2.37. The van der Waals surface area contributed by atoms with Crippen LogP contribution >= 0.6 is 0 Å². The fourth-order valence-electron chi connectivity index (χ4n) is 3.84. The third kappa shape index (κ3) is 3.66. The molecular weight excluding hydrogens is 382 g/mol. The first-order chi connectivity index (χ1) is 14.6. The monoisotopic (exact) mass is 407 g/mol. The summed E-state index contributed by atoms with van der Waals surface area (Å²) in [5.41, 5.74) is 2.65. The van der Waals surface area contributed by atoms with Crippen molar-refractivity contribution in [3.63, 3.8) is 0 Å². The van der Waals surface area contributed by atoms with Gasteiger partial charge >= 0.3 is 6.03 Å². The molecular formula is C23H25N3O4. The molecule has 3 aromatic rings. The number of aromatic nitrogens is 1. The van der Waals surface area contributed by atoms with E-state index in [9.17, 15) is 4.79 Å². The lowest BCUT2D eigenvalue weighted by molar-refractivity contribution is 0.180. The molecule has 4 rings (SSSR count). The third-order valence-electron chi connectivity index (χ3n) is 5.38. The highest BCUT2D eigenvalue weighted by Gasteiger charge is 2.34. The quantitative estimate of drug-likeness (QED) is 0.690. The summed E-state index contributed by atoms with van der Waals surface area (Å²) in [5, 5.41) is 3.00. The van der Waals surface area contributed by atoms with Crippen molar-refractivity contribution in [1.82, 2.24) is 9.47 Å². The molecule has 0 bridgehead atoms. The van der Waals surface area contributed by atoms with Crippen molar-refractivity contribution in [3.05, 3.63) is 72.1 Å². The number of rotatable bonds is 5. The Morgan fingerprint density at radius 3 is 2.37 bits per heavy atom. The van der Waals surface area contributed by atoms with Crippen molar-refractivity contribution in [3.8, 4) is 17.2 Å². The van der Waals surface area contributed by atoms with Gasteiger partial charge in [0.2, 0.25) is 0 Å². The average Bonchev–Trinajstić information content (AvgIpc) is 3.27. The molecule has 0 fully saturated rings. The number of nitrogens with zero attached hydrogens (tertiary/aromatic N) is 2. The van der Waals surface area contributed by atoms with Crippen LogP contribution in [0.25, 0.3) is 0 Å². The number of nitrogens with one attached hydrogen (secondary N) is 1. The first-order valence-electron chi connectivity index (χ1n) is 9.73. The molecule has 0 saturated heterocycles. The van der Waals surface area contributed by atoms with Gasteiger partial charge in [0.05, 0.1) is 21.3 Å². The second-order valence-corrected chi connectivity index (χ2v) is 6.99. The Kier molecular flexibility index (Phi) is 5.52. The van der Waals surface area contributed by atoms with Crippen LogP contribution in [-0.4, -0.2) is 43.4 Å². The Bertz CT molecular complexity index is 1030. The molecule has 1 aromatic heterocycles. The predicted octanol–water partition coefficient (Wildman–Crippen LogP) is 4.15. The van der Waals surface area contributed by atoms with Gasteiger partial charge in [0.15, 0.2) is 0 Å². The first-order valence-corrected chi connectivity index (χ1v) is 9.73. The molecule has 156 valence electrons. The fourth-order valence-corrected chi connectivity index (χ4v) is 3.84. The van der Waals surface area contributed by atoms with E-state index in [2.05, 4.69) is 9.88 Å². The zero-order valence-corrected chi connectivity index (χ0v) is 17.3. The highest BCUT2D eigenvalue weighted by molar-refractivity contribution is 5.90. The second kappa shape index (κ2) is 8.41. The molecule has 7 nitrogen and oxygen atoms in total. The van der Waals surface area contributed by atoms with E-state index in [1.165, 1.54) is 0 Å². The van der Waals surface area contributed by atoms with Gasteiger partial charge in [0, 0.05) is 42.3 Å². The van der Waals surface area contributed by atoms with E-state index in [0.717, 1.165) is 23.6 Å². The zero-order chi connectivity index (χ0) is 21.1. The van der Waals surface area contributed by atoms with Crippen molar-refractivity contribution in [1.29, 1.82) is 0 Å². The summed E-state index contributed by atoms with van der Waals surface area (Å²) < 4.78 is 18.3. The van der Waals surface area contributed by atoms with Gasteiger partial charge in [0.1, 0.15) is 23.3 Å². The molecule has 2 aromatic carbocycles. The van der Waals surface area contributed by atoms with Crippen molar-refractivity contribution >= 4 is 11.7 Å². The van der Waals surface area contributed by atoms with E-state index >= 15 is 0 Å². The number of urea groups is 1. The highest BCUT2D eigenvalue weighted by Crippen LogP contribution is 2.39. The van der Waals surface area contributed by atoms with Gasteiger partial charge in [-0.05, 0) is 48.5 Å². The number of hydrogen-bond acceptors (Lipinski definition) is 4. The molecule has 0 radical (unpaired) electrons. The maximum absolute atomic E-state index is 13.3. The number of fused-ring (bicyclic) bond motifs is 1. The molecule has 7 heteroatoms. The number of methoxy groups -OCH3 is 3. The standard InChI is InChI=1S/C23H25N3O4/c1-28-17-8-6-16(7-9-17)24-23(27)26-14-13-25-12-4-5-20(25)22(26)19-11-10-18(29-2)15-21(19)30-3/h4-12,15,22H,13-14H2,1-3H3,(H,24,27)/t22-/m1/s1. The smallest absolute Gasteiger partial charge is 0.322 e. The van der Waals surface area contributed by atoms with Crippen molar-refractivity contribution in [2.75, 3.05) is 33.2 Å². The van der Waals surface area contributed by atoms with E-state index in [4.69, 9.17) is 14.2 Å². The molecule has 2 heterocycles. The van der Waals surface area contributed by atoms with E-state index in [-0.39, 0.29) is 12.1 Å². The molecule has 1 aliphatic rings. The number of benzene rings is 2. The van der Waals surface area contributed by atoms with Crippen LogP contribution in [0, 0.1) is 0 Å². The Hall–Kier alpha value is -3.61. The summed E-state index contributed by atoms with van der Waals surface area (Å²) in [6, 6.07) is 16.6. The van der Waals surface area contributed by atoms with Crippen molar-refractivity contribution in [2.24, 2.45) is 0 Å². The first kappa shape index (κ1) is 19.7. The molecule has 2 amide bonds. The average molecular weight is 407 g/mol. The normalized spacial score (nSPS) is 15.3. The Labute approximate surface area is 175 Å². The maximum atomic E-state index is 13.3. The van der Waals surface area contributed by atoms with Gasteiger partial charge in [-0.2, -0.15) is 0 Å². The topological polar surface area (TPSA) is 65.0 Å². The van der Waals surface area contributed by atoms with E-state index in [0.29, 0.717) is 23.7 Å². The molecule has 1 atom stereocenters. The number of amides is 2. The minimum atomic E-state index is -0.284. The zero-order valence-electron chi connectivity index (χ0n) is 17.3. The van der Waals surface area contributed by atoms with Gasteiger partial charge in [-0.25, -0.2) is 4.79 Å². The van der Waals surface area contributed by atoms with Crippen LogP contribution in [0.4, 0.5) is 10.5 Å². The number of ether oxygens (including phenoxy) is 3. The minimum Gasteiger partial charge on any atom is -0.497 e. The summed E-state index contributed by atoms with van der Waals surface area (Å²) in [6.45, 7) is 1.30. The molecule has 30 heavy (non-hydrogen) atoms. The Balaban J connectivity index is 1.69. The SMILES string of the molecule is COc1ccc(NC(=O)N2CCn3cccc3[C@H]2c2ccc(OC)cc2OC)cc1. The predicted molar refractivity (Wildman–Crippen MR) is 115 cm³/mol. The van der Waals surface area contributed by atoms with Crippen LogP contribution in [0.5, 0.6) is 17.2 Å². The highest BCUT2D eigenvalue weighted by atomic mass is 16.5. The number of anilines is 1. The Morgan fingerprint density at radius 1 is 0.933 bits per heavy atom. The largest absolute Gasteiger partial charge is 0.497 e. The van der Waals surface area contributed by atoms with Crippen LogP contribution in [0.2, 0.25) is 0 Å². The van der Waals surface area contributed by atoms with Gasteiger partial charge in [-0.1, -0.05) is 0 Å². The maximum Gasteiger partial charge on any atom is 0.322 e. The summed E-state index contributed by atoms with van der Waals surface area (Å²) >= 11 is 0. The molecule has 1 aliphatic heterocycles. The molecule has 0 saturated carbocycles. The van der Waals surface area contributed by atoms with Crippen LogP contribution < -0.4 is 19.5 Å². The van der Waals surface area contributed by atoms with Gasteiger partial charge in [-0.3, -0.25) is 0 Å². The van der Waals surface area contributed by atoms with Gasteiger partial charge in [-0.15, -0.1) is 0 Å². The van der Waals surface area contributed by atoms with E-state index in [1.807, 2.05) is 65.7 Å². The second-order valence-electron chi connectivity index (χ2n) is 6.99. The molecule has 1 N–H and O–H groups in total. The number of carbonyl (C=O) groups is 1. The number of carbonyl (C=O) groups excluding carboxylic acids is 1. The lowest BCUT2D eigenvalue weighted by atomic mass is 9.99. The van der Waals surface area contributed by atoms with Crippen LogP contribution in [0.3, 0.4) is 0 Å². The minimum absolute atomic E-state index is 0.171. The van der Waals surface area contributed by atoms with Crippen molar-refractivity contribution in [2.45, 2.75) is 12.6 Å². The van der Waals surface area contributed by atoms with Gasteiger partial charge < -0.3 is 29.0 Å². The van der Waals surface area contributed by atoms with Crippen LogP contribution in [0.15, 0.2) is 60.8 Å². The summed E-state index contributed by atoms with van der Waals surface area (Å²) in [6.07, 6.45) is 2.04. The molecule has 0 aliphatic carbocycles. The van der Waals surface area contributed by atoms with E-state index < -0.39 is 0 Å². The van der Waals surface area contributed by atoms with E-state index in [1.54, 1.807) is 21.3 Å². The van der Waals surface area contributed by atoms with Crippen LogP contribution in [-0.2, 0) is 6.54 Å². The molecule has 0 unspecified atom stereocenters. The number of hydrogen-bond donors (Lipinski definition) is 1. The summed E-state index contributed by atoms with van der Waals surface area (Å²) in [4.78, 5) is 15.1. The van der Waals surface area contributed by atoms with Gasteiger partial charge in [0.25, 0.3) is 0 Å². The van der Waals surface area contributed by atoms with Crippen molar-refractivity contribution < 1.29 is 19.0 Å². The lowest BCUT2D eigenvalue weighted by Crippen LogP contribution is -2.44. The Morgan fingerprint density at radius 2 is 1.67 bits per heavy atom. The third-order valence-corrected chi connectivity index (χ3v) is 5.38.